The van der Waals surface area contributed by atoms with Crippen molar-refractivity contribution < 1.29 is 14.4 Å². The van der Waals surface area contributed by atoms with Gasteiger partial charge in [-0.3, -0.25) is 14.4 Å². The molecular formula is C20H31N3O3. The summed E-state index contributed by atoms with van der Waals surface area (Å²) in [6.45, 7) is 9.15. The van der Waals surface area contributed by atoms with Crippen molar-refractivity contribution in [3.63, 3.8) is 0 Å². The van der Waals surface area contributed by atoms with Gasteiger partial charge in [-0.2, -0.15) is 0 Å². The number of rotatable bonds is 7. The van der Waals surface area contributed by atoms with E-state index < -0.39 is 0 Å². The Morgan fingerprint density at radius 2 is 1.81 bits per heavy atom. The van der Waals surface area contributed by atoms with Gasteiger partial charge in [0.1, 0.15) is 5.69 Å². The summed E-state index contributed by atoms with van der Waals surface area (Å²) in [6, 6.07) is 0. The lowest BCUT2D eigenvalue weighted by Crippen LogP contribution is -2.43. The van der Waals surface area contributed by atoms with E-state index in [1.165, 1.54) is 6.92 Å². The van der Waals surface area contributed by atoms with Crippen LogP contribution in [0, 0.1) is 19.8 Å². The van der Waals surface area contributed by atoms with E-state index >= 15 is 0 Å². The molecule has 144 valence electrons. The highest BCUT2D eigenvalue weighted by Gasteiger charge is 2.30. The first-order chi connectivity index (χ1) is 12.4. The third kappa shape index (κ3) is 4.54. The molecule has 0 saturated carbocycles. The van der Waals surface area contributed by atoms with E-state index in [2.05, 4.69) is 17.2 Å². The number of Topliss-reactive ketones (excluding diaryl/α,β-unsaturated/α-hetero) is 1. The molecule has 1 aromatic heterocycles. The molecule has 0 aromatic carbocycles. The Kier molecular flexibility index (Phi) is 7.00. The monoisotopic (exact) mass is 361 g/mol. The molecule has 2 N–H and O–H groups in total. The van der Waals surface area contributed by atoms with Crippen LogP contribution in [0.2, 0.25) is 0 Å². The second kappa shape index (κ2) is 9.01. The molecule has 1 fully saturated rings. The number of aromatic nitrogens is 1. The average Bonchev–Trinajstić information content (AvgIpc) is 2.92. The Balaban J connectivity index is 1.92. The summed E-state index contributed by atoms with van der Waals surface area (Å²) in [6.07, 6.45) is 4.65. The Labute approximate surface area is 155 Å². The van der Waals surface area contributed by atoms with Crippen LogP contribution >= 0.6 is 0 Å². The maximum absolute atomic E-state index is 12.8. The lowest BCUT2D eigenvalue weighted by atomic mass is 9.95. The number of carbonyl (C=O) groups excluding carboxylic acids is 3. The van der Waals surface area contributed by atoms with Crippen LogP contribution in [0.4, 0.5) is 0 Å². The summed E-state index contributed by atoms with van der Waals surface area (Å²) in [4.78, 5) is 41.6. The predicted octanol–water partition coefficient (Wildman–Crippen LogP) is 2.99. The molecule has 2 heterocycles. The fourth-order valence-electron chi connectivity index (χ4n) is 3.73. The van der Waals surface area contributed by atoms with E-state index in [1.807, 2.05) is 13.8 Å². The minimum absolute atomic E-state index is 0.0140. The number of likely N-dealkylation sites (tertiary alicyclic amines) is 1. The summed E-state index contributed by atoms with van der Waals surface area (Å²) in [5.74, 6) is -0.0208. The van der Waals surface area contributed by atoms with E-state index in [9.17, 15) is 14.4 Å². The van der Waals surface area contributed by atoms with Gasteiger partial charge in [-0.15, -0.1) is 0 Å². The standard InChI is InChI=1S/C20H31N3O3/c1-5-6-7-10-21-19(25)16-8-11-23(12-9-16)20(26)18-13(2)17(15(4)24)14(3)22-18/h16,22H,5-12H2,1-4H3,(H,21,25). The molecule has 2 amide bonds. The molecule has 2 rings (SSSR count). The van der Waals surface area contributed by atoms with Crippen molar-refractivity contribution in [3.8, 4) is 0 Å². The van der Waals surface area contributed by atoms with Crippen molar-refractivity contribution in [2.45, 2.75) is 59.8 Å². The Morgan fingerprint density at radius 3 is 2.35 bits per heavy atom. The predicted molar refractivity (Wildman–Crippen MR) is 101 cm³/mol. The van der Waals surface area contributed by atoms with E-state index in [0.29, 0.717) is 37.2 Å². The first kappa shape index (κ1) is 20.2. The van der Waals surface area contributed by atoms with Crippen LogP contribution in [-0.2, 0) is 4.79 Å². The average molecular weight is 361 g/mol. The molecule has 0 radical (unpaired) electrons. The molecule has 6 nitrogen and oxygen atoms in total. The number of carbonyl (C=O) groups is 3. The summed E-state index contributed by atoms with van der Waals surface area (Å²) >= 11 is 0. The van der Waals surface area contributed by atoms with Crippen molar-refractivity contribution >= 4 is 17.6 Å². The number of aryl methyl sites for hydroxylation is 1. The van der Waals surface area contributed by atoms with E-state index in [0.717, 1.165) is 37.1 Å². The quantitative estimate of drug-likeness (QED) is 0.578. The van der Waals surface area contributed by atoms with Gasteiger partial charge in [0.05, 0.1) is 0 Å². The molecule has 6 heteroatoms. The highest BCUT2D eigenvalue weighted by Crippen LogP contribution is 2.23. The summed E-state index contributed by atoms with van der Waals surface area (Å²) in [5, 5.41) is 3.01. The lowest BCUT2D eigenvalue weighted by Gasteiger charge is -2.31. The number of nitrogens with one attached hydrogen (secondary N) is 2. The molecule has 1 aliphatic rings. The zero-order valence-electron chi connectivity index (χ0n) is 16.4. The summed E-state index contributed by atoms with van der Waals surface area (Å²) in [7, 11) is 0. The number of hydrogen-bond acceptors (Lipinski definition) is 3. The van der Waals surface area contributed by atoms with Crippen LogP contribution in [0.25, 0.3) is 0 Å². The fourth-order valence-corrected chi connectivity index (χ4v) is 3.73. The Hall–Kier alpha value is -2.11. The molecule has 0 bridgehead atoms. The maximum atomic E-state index is 12.8. The third-order valence-electron chi connectivity index (χ3n) is 5.24. The zero-order chi connectivity index (χ0) is 19.3. The number of ketones is 1. The van der Waals surface area contributed by atoms with Crippen molar-refractivity contribution in [1.29, 1.82) is 0 Å². The summed E-state index contributed by atoms with van der Waals surface area (Å²) < 4.78 is 0. The minimum Gasteiger partial charge on any atom is -0.356 e. The minimum atomic E-state index is -0.0834. The number of H-pyrrole nitrogens is 1. The first-order valence-electron chi connectivity index (χ1n) is 9.63. The van der Waals surface area contributed by atoms with Crippen molar-refractivity contribution in [2.24, 2.45) is 5.92 Å². The zero-order valence-corrected chi connectivity index (χ0v) is 16.4. The van der Waals surface area contributed by atoms with Gasteiger partial charge in [-0.25, -0.2) is 0 Å². The molecule has 26 heavy (non-hydrogen) atoms. The van der Waals surface area contributed by atoms with E-state index in [4.69, 9.17) is 0 Å². The van der Waals surface area contributed by atoms with Crippen LogP contribution in [0.3, 0.4) is 0 Å². The number of amides is 2. The van der Waals surface area contributed by atoms with Gasteiger partial charge in [0, 0.05) is 36.8 Å². The van der Waals surface area contributed by atoms with E-state index in [1.54, 1.807) is 4.90 Å². The molecule has 1 aliphatic heterocycles. The first-order valence-corrected chi connectivity index (χ1v) is 9.63. The van der Waals surface area contributed by atoms with Crippen LogP contribution in [-0.4, -0.2) is 47.1 Å². The van der Waals surface area contributed by atoms with Crippen LogP contribution < -0.4 is 5.32 Å². The molecule has 1 saturated heterocycles. The van der Waals surface area contributed by atoms with Crippen molar-refractivity contribution in [1.82, 2.24) is 15.2 Å². The maximum Gasteiger partial charge on any atom is 0.270 e. The lowest BCUT2D eigenvalue weighted by molar-refractivity contribution is -0.126. The number of nitrogens with zero attached hydrogens (tertiary/aromatic N) is 1. The van der Waals surface area contributed by atoms with Gasteiger partial charge in [-0.1, -0.05) is 19.8 Å². The van der Waals surface area contributed by atoms with Gasteiger partial charge >= 0.3 is 0 Å². The second-order valence-corrected chi connectivity index (χ2v) is 7.25. The SMILES string of the molecule is CCCCCNC(=O)C1CCN(C(=O)c2[nH]c(C)c(C(C)=O)c2C)CC1. The molecule has 0 unspecified atom stereocenters. The van der Waals surface area contributed by atoms with Crippen LogP contribution in [0.1, 0.15) is 78.1 Å². The molecule has 0 aliphatic carbocycles. The van der Waals surface area contributed by atoms with Crippen LogP contribution in [0.15, 0.2) is 0 Å². The molecule has 0 atom stereocenters. The van der Waals surface area contributed by atoms with Crippen molar-refractivity contribution in [3.05, 3.63) is 22.5 Å². The highest BCUT2D eigenvalue weighted by atomic mass is 16.2. The van der Waals surface area contributed by atoms with Crippen molar-refractivity contribution in [2.75, 3.05) is 19.6 Å². The van der Waals surface area contributed by atoms with Gasteiger partial charge in [0.2, 0.25) is 5.91 Å². The van der Waals surface area contributed by atoms with Gasteiger partial charge < -0.3 is 15.2 Å². The largest absolute Gasteiger partial charge is 0.356 e. The van der Waals surface area contributed by atoms with Crippen LogP contribution in [0.5, 0.6) is 0 Å². The highest BCUT2D eigenvalue weighted by molar-refractivity contribution is 6.02. The van der Waals surface area contributed by atoms with Gasteiger partial charge in [-0.05, 0) is 45.6 Å². The van der Waals surface area contributed by atoms with Gasteiger partial charge in [0.25, 0.3) is 5.91 Å². The number of aromatic amines is 1. The number of hydrogen-bond donors (Lipinski definition) is 2. The fraction of sp³-hybridized carbons (Fsp3) is 0.650. The molecule has 0 spiro atoms. The molecule has 1 aromatic rings. The number of piperidine rings is 1. The molecular weight excluding hydrogens is 330 g/mol. The number of unbranched alkanes of at least 4 members (excludes halogenated alkanes) is 2. The third-order valence-corrected chi connectivity index (χ3v) is 5.24. The smallest absolute Gasteiger partial charge is 0.270 e. The normalized spacial score (nSPS) is 15.2. The summed E-state index contributed by atoms with van der Waals surface area (Å²) in [5.41, 5.74) is 2.56. The Bertz CT molecular complexity index is 670. The topological polar surface area (TPSA) is 82.3 Å². The Morgan fingerprint density at radius 1 is 1.15 bits per heavy atom. The van der Waals surface area contributed by atoms with Gasteiger partial charge in [0.15, 0.2) is 5.78 Å². The van der Waals surface area contributed by atoms with E-state index in [-0.39, 0.29) is 23.5 Å². The second-order valence-electron chi connectivity index (χ2n) is 7.25.